The second kappa shape index (κ2) is 7.88. The van der Waals surface area contributed by atoms with Crippen LogP contribution < -0.4 is 5.32 Å². The third-order valence-corrected chi connectivity index (χ3v) is 4.34. The minimum absolute atomic E-state index is 0.107. The molecule has 0 radical (unpaired) electrons. The zero-order chi connectivity index (χ0) is 17.7. The van der Waals surface area contributed by atoms with Gasteiger partial charge in [-0.2, -0.15) is 0 Å². The minimum atomic E-state index is -0.799. The molecule has 0 unspecified atom stereocenters. The summed E-state index contributed by atoms with van der Waals surface area (Å²) in [5, 5.41) is 15.6. The molecule has 0 fully saturated rings. The van der Waals surface area contributed by atoms with Crippen LogP contribution in [0.15, 0.2) is 28.5 Å². The number of anilines is 1. The van der Waals surface area contributed by atoms with Crippen LogP contribution in [0.1, 0.15) is 23.0 Å². The fourth-order valence-corrected chi connectivity index (χ4v) is 2.94. The van der Waals surface area contributed by atoms with Crippen molar-refractivity contribution in [3.8, 4) is 0 Å². The topological polar surface area (TPSA) is 111 Å². The lowest BCUT2D eigenvalue weighted by atomic mass is 10.2. The summed E-state index contributed by atoms with van der Waals surface area (Å²) in [6.45, 7) is 1.22. The van der Waals surface area contributed by atoms with E-state index in [0.29, 0.717) is 15.7 Å². The number of carbonyl (C=O) groups is 2. The number of nitro groups is 1. The number of nitro benzene ring substituents is 1. The second-order valence-electron chi connectivity index (χ2n) is 4.54. The van der Waals surface area contributed by atoms with Gasteiger partial charge in [0.05, 0.1) is 10.6 Å². The van der Waals surface area contributed by atoms with Gasteiger partial charge in [0, 0.05) is 23.3 Å². The SMILES string of the molecule is CSc1ccc([N+](=O)[O-])c(C(=O)OCc2csc(NC(C)=O)n2)c1. The first kappa shape index (κ1) is 17.9. The Bertz CT molecular complexity index is 790. The molecule has 0 bridgehead atoms. The van der Waals surface area contributed by atoms with E-state index in [1.165, 1.54) is 42.2 Å². The zero-order valence-electron chi connectivity index (χ0n) is 12.8. The molecule has 8 nitrogen and oxygen atoms in total. The van der Waals surface area contributed by atoms with Crippen molar-refractivity contribution in [1.29, 1.82) is 0 Å². The van der Waals surface area contributed by atoms with E-state index in [0.717, 1.165) is 0 Å². The lowest BCUT2D eigenvalue weighted by Gasteiger charge is -2.05. The standard InChI is InChI=1S/C14H13N3O5S2/c1-8(18)15-14-16-9(7-24-14)6-22-13(19)11-5-10(23-2)3-4-12(11)17(20)21/h3-5,7H,6H2,1-2H3,(H,15,16,18). The Morgan fingerprint density at radius 1 is 1.46 bits per heavy atom. The van der Waals surface area contributed by atoms with Gasteiger partial charge in [-0.1, -0.05) is 0 Å². The molecule has 10 heteroatoms. The first-order valence-corrected chi connectivity index (χ1v) is 8.72. The fourth-order valence-electron chi connectivity index (χ4n) is 1.76. The van der Waals surface area contributed by atoms with E-state index < -0.39 is 10.9 Å². The van der Waals surface area contributed by atoms with Gasteiger partial charge in [0.1, 0.15) is 12.2 Å². The van der Waals surface area contributed by atoms with E-state index in [9.17, 15) is 19.7 Å². The molecule has 0 saturated carbocycles. The molecule has 1 aromatic carbocycles. The fraction of sp³-hybridized carbons (Fsp3) is 0.214. The summed E-state index contributed by atoms with van der Waals surface area (Å²) in [7, 11) is 0. The molecule has 2 aromatic rings. The highest BCUT2D eigenvalue weighted by molar-refractivity contribution is 7.98. The Morgan fingerprint density at radius 2 is 2.21 bits per heavy atom. The monoisotopic (exact) mass is 367 g/mol. The van der Waals surface area contributed by atoms with E-state index in [-0.39, 0.29) is 23.8 Å². The quantitative estimate of drug-likeness (QED) is 0.361. The van der Waals surface area contributed by atoms with Gasteiger partial charge < -0.3 is 10.1 Å². The summed E-state index contributed by atoms with van der Waals surface area (Å²) < 4.78 is 5.10. The van der Waals surface area contributed by atoms with Crippen molar-refractivity contribution >= 4 is 45.8 Å². The van der Waals surface area contributed by atoms with Gasteiger partial charge in [0.15, 0.2) is 5.13 Å². The molecule has 0 aliphatic carbocycles. The van der Waals surface area contributed by atoms with E-state index in [1.807, 2.05) is 0 Å². The Kier molecular flexibility index (Phi) is 5.88. The molecule has 24 heavy (non-hydrogen) atoms. The normalized spacial score (nSPS) is 10.2. The average molecular weight is 367 g/mol. The van der Waals surface area contributed by atoms with Crippen LogP contribution in [0.3, 0.4) is 0 Å². The van der Waals surface area contributed by atoms with Crippen LogP contribution in [0, 0.1) is 10.1 Å². The van der Waals surface area contributed by atoms with Gasteiger partial charge in [-0.3, -0.25) is 14.9 Å². The number of ether oxygens (including phenoxy) is 1. The molecule has 2 rings (SSSR count). The van der Waals surface area contributed by atoms with Crippen LogP contribution >= 0.6 is 23.1 Å². The van der Waals surface area contributed by atoms with Crippen molar-refractivity contribution in [3.05, 3.63) is 45.0 Å². The number of amides is 1. The maximum absolute atomic E-state index is 12.2. The van der Waals surface area contributed by atoms with E-state index >= 15 is 0 Å². The van der Waals surface area contributed by atoms with Gasteiger partial charge >= 0.3 is 5.97 Å². The van der Waals surface area contributed by atoms with Crippen LogP contribution in [0.5, 0.6) is 0 Å². The van der Waals surface area contributed by atoms with Gasteiger partial charge in [0.2, 0.25) is 5.91 Å². The first-order valence-electron chi connectivity index (χ1n) is 6.62. The first-order chi connectivity index (χ1) is 11.4. The Balaban J connectivity index is 2.10. The van der Waals surface area contributed by atoms with Gasteiger partial charge in [-0.05, 0) is 18.4 Å². The molecule has 1 heterocycles. The smallest absolute Gasteiger partial charge is 0.345 e. The number of aromatic nitrogens is 1. The molecule has 1 amide bonds. The van der Waals surface area contributed by atoms with Crippen LogP contribution in [-0.2, 0) is 16.1 Å². The lowest BCUT2D eigenvalue weighted by molar-refractivity contribution is -0.385. The van der Waals surface area contributed by atoms with Crippen molar-refractivity contribution in [2.45, 2.75) is 18.4 Å². The summed E-state index contributed by atoms with van der Waals surface area (Å²) in [5.41, 5.74) is 0.0277. The molecule has 1 aromatic heterocycles. The number of esters is 1. The Hall–Kier alpha value is -2.46. The molecule has 0 atom stereocenters. The minimum Gasteiger partial charge on any atom is -0.455 e. The van der Waals surface area contributed by atoms with E-state index in [4.69, 9.17) is 4.74 Å². The number of nitrogens with zero attached hydrogens (tertiary/aromatic N) is 2. The largest absolute Gasteiger partial charge is 0.455 e. The highest BCUT2D eigenvalue weighted by Crippen LogP contribution is 2.26. The van der Waals surface area contributed by atoms with Crippen molar-refractivity contribution in [2.24, 2.45) is 0 Å². The average Bonchev–Trinajstić information content (AvgIpc) is 2.98. The predicted molar refractivity (Wildman–Crippen MR) is 90.4 cm³/mol. The number of carbonyl (C=O) groups excluding carboxylic acids is 2. The number of thiazole rings is 1. The maximum Gasteiger partial charge on any atom is 0.345 e. The molecule has 1 N–H and O–H groups in total. The second-order valence-corrected chi connectivity index (χ2v) is 6.28. The van der Waals surface area contributed by atoms with Crippen LogP contribution in [-0.4, -0.2) is 28.0 Å². The maximum atomic E-state index is 12.2. The summed E-state index contributed by atoms with van der Waals surface area (Å²) >= 11 is 2.56. The number of thioether (sulfide) groups is 1. The molecular weight excluding hydrogens is 354 g/mol. The lowest BCUT2D eigenvalue weighted by Crippen LogP contribution is -2.09. The van der Waals surface area contributed by atoms with Gasteiger partial charge in [-0.25, -0.2) is 9.78 Å². The molecular formula is C14H13N3O5S2. The van der Waals surface area contributed by atoms with Crippen molar-refractivity contribution in [3.63, 3.8) is 0 Å². The molecule has 0 spiro atoms. The Morgan fingerprint density at radius 3 is 2.83 bits per heavy atom. The number of hydrogen-bond acceptors (Lipinski definition) is 8. The van der Waals surface area contributed by atoms with Gasteiger partial charge in [0.25, 0.3) is 5.69 Å². The molecule has 0 saturated heterocycles. The number of nitrogens with one attached hydrogen (secondary N) is 1. The molecule has 0 aliphatic heterocycles. The number of hydrogen-bond donors (Lipinski definition) is 1. The van der Waals surface area contributed by atoms with Crippen LogP contribution in [0.25, 0.3) is 0 Å². The van der Waals surface area contributed by atoms with Crippen LogP contribution in [0.2, 0.25) is 0 Å². The zero-order valence-corrected chi connectivity index (χ0v) is 14.4. The third-order valence-electron chi connectivity index (χ3n) is 2.81. The Labute approximate surface area is 145 Å². The highest BCUT2D eigenvalue weighted by Gasteiger charge is 2.22. The van der Waals surface area contributed by atoms with Crippen molar-refractivity contribution in [1.82, 2.24) is 4.98 Å². The van der Waals surface area contributed by atoms with Crippen LogP contribution in [0.4, 0.5) is 10.8 Å². The molecule has 126 valence electrons. The van der Waals surface area contributed by atoms with E-state index in [1.54, 1.807) is 17.7 Å². The number of benzene rings is 1. The van der Waals surface area contributed by atoms with Gasteiger partial charge in [-0.15, -0.1) is 23.1 Å². The summed E-state index contributed by atoms with van der Waals surface area (Å²) in [6.07, 6.45) is 1.80. The van der Waals surface area contributed by atoms with Crippen molar-refractivity contribution < 1.29 is 19.2 Å². The van der Waals surface area contributed by atoms with Crippen molar-refractivity contribution in [2.75, 3.05) is 11.6 Å². The summed E-state index contributed by atoms with van der Waals surface area (Å²) in [4.78, 5) is 38.3. The molecule has 0 aliphatic rings. The highest BCUT2D eigenvalue weighted by atomic mass is 32.2. The third kappa shape index (κ3) is 4.52. The summed E-state index contributed by atoms with van der Waals surface area (Å²) in [5.74, 6) is -1.05. The predicted octanol–water partition coefficient (Wildman–Crippen LogP) is 3.09. The number of rotatable bonds is 6. The van der Waals surface area contributed by atoms with E-state index in [2.05, 4.69) is 10.3 Å². The summed E-state index contributed by atoms with van der Waals surface area (Å²) in [6, 6.07) is 4.27.